The SMILES string of the molecule is Cc1cc(C)c2[nH]c(=O)c(C(c3nnnn3CC3CCCO3)N3CCN(c4ccccc4F)CC3)cc2c1. The summed E-state index contributed by atoms with van der Waals surface area (Å²) in [4.78, 5) is 21.0. The van der Waals surface area contributed by atoms with Crippen molar-refractivity contribution in [2.75, 3.05) is 37.7 Å². The number of benzene rings is 2. The molecule has 0 spiro atoms. The third kappa shape index (κ3) is 4.69. The molecule has 0 amide bonds. The van der Waals surface area contributed by atoms with Crippen molar-refractivity contribution in [3.05, 3.63) is 81.2 Å². The third-order valence-electron chi connectivity index (χ3n) is 7.69. The van der Waals surface area contributed by atoms with Gasteiger partial charge in [0.05, 0.1) is 23.9 Å². The number of H-pyrrole nitrogens is 1. The number of aryl methyl sites for hydroxylation is 2. The maximum absolute atomic E-state index is 14.5. The number of tetrazole rings is 1. The normalized spacial score (nSPS) is 19.3. The summed E-state index contributed by atoms with van der Waals surface area (Å²) in [6, 6.07) is 12.5. The zero-order valence-electron chi connectivity index (χ0n) is 21.7. The number of para-hydroxylation sites is 1. The largest absolute Gasteiger partial charge is 0.376 e. The van der Waals surface area contributed by atoms with Crippen LogP contribution in [0.3, 0.4) is 0 Å². The van der Waals surface area contributed by atoms with Crippen LogP contribution in [-0.2, 0) is 11.3 Å². The molecule has 198 valence electrons. The lowest BCUT2D eigenvalue weighted by molar-refractivity contribution is 0.0906. The number of fused-ring (bicyclic) bond motifs is 1. The highest BCUT2D eigenvalue weighted by atomic mass is 19.1. The molecule has 2 aliphatic heterocycles. The number of pyridine rings is 1. The predicted molar refractivity (Wildman–Crippen MR) is 143 cm³/mol. The Morgan fingerprint density at radius 2 is 1.95 bits per heavy atom. The van der Waals surface area contributed by atoms with Crippen LogP contribution >= 0.6 is 0 Å². The summed E-state index contributed by atoms with van der Waals surface area (Å²) in [5.41, 5.74) is 4.05. The Kier molecular flexibility index (Phi) is 6.67. The zero-order valence-corrected chi connectivity index (χ0v) is 21.7. The van der Waals surface area contributed by atoms with Crippen molar-refractivity contribution in [1.29, 1.82) is 0 Å². The molecule has 4 aromatic rings. The molecule has 1 N–H and O–H groups in total. The van der Waals surface area contributed by atoms with Gasteiger partial charge in [0.1, 0.15) is 11.9 Å². The third-order valence-corrected chi connectivity index (χ3v) is 7.69. The van der Waals surface area contributed by atoms with Crippen molar-refractivity contribution in [2.45, 2.75) is 45.4 Å². The Balaban J connectivity index is 1.39. The van der Waals surface area contributed by atoms with Crippen LogP contribution in [0.5, 0.6) is 0 Å². The fraction of sp³-hybridized carbons (Fsp3) is 0.429. The van der Waals surface area contributed by atoms with Crippen molar-refractivity contribution in [3.63, 3.8) is 0 Å². The van der Waals surface area contributed by atoms with E-state index in [1.54, 1.807) is 10.7 Å². The van der Waals surface area contributed by atoms with Crippen LogP contribution in [0.1, 0.15) is 41.4 Å². The number of nitrogens with zero attached hydrogens (tertiary/aromatic N) is 6. The van der Waals surface area contributed by atoms with Crippen LogP contribution in [0, 0.1) is 19.7 Å². The molecular formula is C28H32FN7O2. The number of aromatic nitrogens is 5. The van der Waals surface area contributed by atoms with Gasteiger partial charge in [-0.25, -0.2) is 9.07 Å². The summed E-state index contributed by atoms with van der Waals surface area (Å²) in [6.45, 7) is 7.82. The zero-order chi connectivity index (χ0) is 26.2. The molecule has 38 heavy (non-hydrogen) atoms. The number of piperazine rings is 1. The minimum absolute atomic E-state index is 0.0518. The summed E-state index contributed by atoms with van der Waals surface area (Å²) in [5.74, 6) is 0.392. The lowest BCUT2D eigenvalue weighted by Gasteiger charge is -2.39. The number of anilines is 1. The van der Waals surface area contributed by atoms with Crippen molar-refractivity contribution >= 4 is 16.6 Å². The monoisotopic (exact) mass is 517 g/mol. The first kappa shape index (κ1) is 24.7. The van der Waals surface area contributed by atoms with Crippen molar-refractivity contribution in [2.24, 2.45) is 0 Å². The van der Waals surface area contributed by atoms with Crippen LogP contribution < -0.4 is 10.5 Å². The number of hydrogen-bond donors (Lipinski definition) is 1. The summed E-state index contributed by atoms with van der Waals surface area (Å²) in [7, 11) is 0. The van der Waals surface area contributed by atoms with E-state index < -0.39 is 6.04 Å². The first-order chi connectivity index (χ1) is 18.5. The maximum Gasteiger partial charge on any atom is 0.253 e. The van der Waals surface area contributed by atoms with Crippen molar-refractivity contribution in [3.8, 4) is 0 Å². The lowest BCUT2D eigenvalue weighted by atomic mass is 10.00. The molecule has 0 aliphatic carbocycles. The van der Waals surface area contributed by atoms with Gasteiger partial charge in [0.2, 0.25) is 0 Å². The number of aromatic amines is 1. The van der Waals surface area contributed by atoms with E-state index in [4.69, 9.17) is 4.74 Å². The molecule has 6 rings (SSSR count). The van der Waals surface area contributed by atoms with Crippen LogP contribution in [-0.4, -0.2) is 69.0 Å². The summed E-state index contributed by atoms with van der Waals surface area (Å²) >= 11 is 0. The van der Waals surface area contributed by atoms with Gasteiger partial charge in [-0.2, -0.15) is 0 Å². The van der Waals surface area contributed by atoms with E-state index in [0.29, 0.717) is 49.8 Å². The Labute approximate surface area is 220 Å². The average Bonchev–Trinajstić information content (AvgIpc) is 3.59. The molecule has 2 aromatic heterocycles. The van der Waals surface area contributed by atoms with Gasteiger partial charge in [-0.05, 0) is 72.3 Å². The fourth-order valence-corrected chi connectivity index (χ4v) is 5.85. The fourth-order valence-electron chi connectivity index (χ4n) is 5.85. The molecule has 4 heterocycles. The van der Waals surface area contributed by atoms with Crippen molar-refractivity contribution in [1.82, 2.24) is 30.1 Å². The quantitative estimate of drug-likeness (QED) is 0.419. The second-order valence-corrected chi connectivity index (χ2v) is 10.3. The highest BCUT2D eigenvalue weighted by Gasteiger charge is 2.34. The van der Waals surface area contributed by atoms with Gasteiger partial charge < -0.3 is 14.6 Å². The second kappa shape index (κ2) is 10.3. The molecule has 9 nitrogen and oxygen atoms in total. The molecule has 2 saturated heterocycles. The highest BCUT2D eigenvalue weighted by molar-refractivity contribution is 5.83. The predicted octanol–water partition coefficient (Wildman–Crippen LogP) is 3.36. The number of ether oxygens (including phenoxy) is 1. The van der Waals surface area contributed by atoms with Gasteiger partial charge >= 0.3 is 0 Å². The number of nitrogens with one attached hydrogen (secondary N) is 1. The Morgan fingerprint density at radius 1 is 1.13 bits per heavy atom. The standard InChI is InChI=1S/C28H32FN7O2/c1-18-14-19(2)25-20(15-18)16-22(28(37)30-25)26(27-31-32-33-36(27)17-21-6-5-13-38-21)35-11-9-34(10-12-35)24-8-4-3-7-23(24)29/h3-4,7-8,14-16,21,26H,5-6,9-13,17H2,1-2H3,(H,30,37). The molecule has 2 aliphatic rings. The van der Waals surface area contributed by atoms with Crippen LogP contribution in [0.15, 0.2) is 47.3 Å². The van der Waals surface area contributed by atoms with Crippen LogP contribution in [0.2, 0.25) is 0 Å². The summed E-state index contributed by atoms with van der Waals surface area (Å²) < 4.78 is 22.1. The second-order valence-electron chi connectivity index (χ2n) is 10.3. The Hall–Kier alpha value is -3.63. The van der Waals surface area contributed by atoms with Gasteiger partial charge in [0, 0.05) is 38.3 Å². The first-order valence-corrected chi connectivity index (χ1v) is 13.2. The number of halogens is 1. The molecule has 2 atom stereocenters. The molecule has 10 heteroatoms. The minimum atomic E-state index is -0.455. The van der Waals surface area contributed by atoms with E-state index in [0.717, 1.165) is 41.5 Å². The van der Waals surface area contributed by atoms with Crippen molar-refractivity contribution < 1.29 is 9.13 Å². The molecule has 2 fully saturated rings. The number of hydrogen-bond acceptors (Lipinski definition) is 7. The van der Waals surface area contributed by atoms with Crippen LogP contribution in [0.4, 0.5) is 10.1 Å². The topological polar surface area (TPSA) is 92.2 Å². The molecule has 2 aromatic carbocycles. The number of rotatable bonds is 6. The van der Waals surface area contributed by atoms with Crippen LogP contribution in [0.25, 0.3) is 10.9 Å². The molecular weight excluding hydrogens is 485 g/mol. The van der Waals surface area contributed by atoms with Gasteiger partial charge in [-0.1, -0.05) is 23.8 Å². The summed E-state index contributed by atoms with van der Waals surface area (Å²) in [6.07, 6.45) is 2.03. The van der Waals surface area contributed by atoms with E-state index in [1.165, 1.54) is 6.07 Å². The molecule has 0 radical (unpaired) electrons. The lowest BCUT2D eigenvalue weighted by Crippen LogP contribution is -2.49. The molecule has 2 unspecified atom stereocenters. The Morgan fingerprint density at radius 3 is 2.71 bits per heavy atom. The van der Waals surface area contributed by atoms with E-state index in [-0.39, 0.29) is 17.5 Å². The van der Waals surface area contributed by atoms with Gasteiger partial charge in [0.25, 0.3) is 5.56 Å². The molecule has 0 bridgehead atoms. The summed E-state index contributed by atoms with van der Waals surface area (Å²) in [5, 5.41) is 13.7. The molecule has 0 saturated carbocycles. The maximum atomic E-state index is 14.5. The van der Waals surface area contributed by atoms with Gasteiger partial charge in [-0.3, -0.25) is 9.69 Å². The average molecular weight is 518 g/mol. The minimum Gasteiger partial charge on any atom is -0.376 e. The Bertz CT molecular complexity index is 1500. The highest BCUT2D eigenvalue weighted by Crippen LogP contribution is 2.30. The first-order valence-electron chi connectivity index (χ1n) is 13.2. The van der Waals surface area contributed by atoms with E-state index >= 15 is 0 Å². The van der Waals surface area contributed by atoms with E-state index in [2.05, 4.69) is 49.4 Å². The smallest absolute Gasteiger partial charge is 0.253 e. The van der Waals surface area contributed by atoms with Gasteiger partial charge in [-0.15, -0.1) is 5.10 Å². The van der Waals surface area contributed by atoms with E-state index in [1.807, 2.05) is 25.1 Å². The van der Waals surface area contributed by atoms with Gasteiger partial charge in [0.15, 0.2) is 5.82 Å². The van der Waals surface area contributed by atoms with E-state index in [9.17, 15) is 9.18 Å².